The average molecular weight is 246 g/mol. The highest BCUT2D eigenvalue weighted by Gasteiger charge is 2.94. The molecule has 6 heteroatoms. The Labute approximate surface area is 105 Å². The number of nitrogens with two attached hydrogens (primary N) is 1. The van der Waals surface area contributed by atoms with Crippen LogP contribution in [0.25, 0.3) is 0 Å². The number of nitriles is 2. The van der Waals surface area contributed by atoms with Crippen molar-refractivity contribution in [2.45, 2.75) is 19.8 Å². The topological polar surface area (TPSA) is 104 Å². The van der Waals surface area contributed by atoms with Gasteiger partial charge in [0.15, 0.2) is 5.41 Å². The fourth-order valence-electron chi connectivity index (χ4n) is 3.78. The number of ether oxygens (including phenoxy) is 2. The molecule has 0 aromatic carbocycles. The van der Waals surface area contributed by atoms with Crippen LogP contribution in [0.5, 0.6) is 0 Å². The van der Waals surface area contributed by atoms with Crippen LogP contribution in [0.4, 0.5) is 0 Å². The molecule has 6 nitrogen and oxygen atoms in total. The fraction of sp³-hybridized carbons (Fsp3) is 0.750. The van der Waals surface area contributed by atoms with Gasteiger partial charge >= 0.3 is 0 Å². The Morgan fingerprint density at radius 2 is 1.94 bits per heavy atom. The lowest BCUT2D eigenvalue weighted by Gasteiger charge is -2.26. The highest BCUT2D eigenvalue weighted by Crippen LogP contribution is 2.80. The van der Waals surface area contributed by atoms with Gasteiger partial charge < -0.3 is 15.2 Å². The van der Waals surface area contributed by atoms with Gasteiger partial charge in [0.1, 0.15) is 11.3 Å². The molecule has 2 fully saturated rings. The third-order valence-corrected chi connectivity index (χ3v) is 4.34. The second kappa shape index (κ2) is 3.03. The van der Waals surface area contributed by atoms with Gasteiger partial charge in [-0.3, -0.25) is 0 Å². The summed E-state index contributed by atoms with van der Waals surface area (Å²) < 4.78 is 11.1. The molecule has 3 aliphatic rings. The standard InChI is InChI=1S/C12H14N4O2/c1-7(2)8-10(5-13)9(15)16-12(11(8,10)6-14)17-3-4-18-12/h7-8H,3-4H2,1-2H3,(H2,15,16)/t8-,10+,11+/m0/s1. The van der Waals surface area contributed by atoms with Gasteiger partial charge in [-0.25, -0.2) is 4.99 Å². The lowest BCUT2D eigenvalue weighted by atomic mass is 9.93. The Morgan fingerprint density at radius 3 is 2.33 bits per heavy atom. The monoisotopic (exact) mass is 246 g/mol. The molecule has 0 aromatic heterocycles. The summed E-state index contributed by atoms with van der Waals surface area (Å²) in [7, 11) is 0. The Bertz CT molecular complexity index is 523. The minimum Gasteiger partial charge on any atom is -0.386 e. The van der Waals surface area contributed by atoms with Gasteiger partial charge in [0.05, 0.1) is 25.4 Å². The van der Waals surface area contributed by atoms with Gasteiger partial charge in [0.25, 0.3) is 5.91 Å². The lowest BCUT2D eigenvalue weighted by Crippen LogP contribution is -2.39. The van der Waals surface area contributed by atoms with E-state index < -0.39 is 16.7 Å². The summed E-state index contributed by atoms with van der Waals surface area (Å²) in [5.41, 5.74) is 3.78. The molecule has 1 saturated carbocycles. The van der Waals surface area contributed by atoms with Gasteiger partial charge in [-0.2, -0.15) is 10.5 Å². The van der Waals surface area contributed by atoms with Crippen LogP contribution in [-0.4, -0.2) is 25.0 Å². The van der Waals surface area contributed by atoms with E-state index in [0.29, 0.717) is 13.2 Å². The van der Waals surface area contributed by atoms with E-state index in [1.54, 1.807) is 0 Å². The molecule has 2 aliphatic heterocycles. The molecule has 3 rings (SSSR count). The van der Waals surface area contributed by atoms with Crippen LogP contribution in [-0.2, 0) is 9.47 Å². The van der Waals surface area contributed by atoms with Crippen molar-refractivity contribution in [3.8, 4) is 12.1 Å². The van der Waals surface area contributed by atoms with E-state index in [-0.39, 0.29) is 17.7 Å². The van der Waals surface area contributed by atoms with Crippen molar-refractivity contribution < 1.29 is 9.47 Å². The maximum atomic E-state index is 9.64. The van der Waals surface area contributed by atoms with Crippen molar-refractivity contribution in [2.24, 2.45) is 33.4 Å². The van der Waals surface area contributed by atoms with Crippen molar-refractivity contribution in [1.29, 1.82) is 10.5 Å². The molecule has 0 unspecified atom stereocenters. The lowest BCUT2D eigenvalue weighted by molar-refractivity contribution is -0.187. The van der Waals surface area contributed by atoms with Crippen LogP contribution in [0, 0.1) is 45.3 Å². The summed E-state index contributed by atoms with van der Waals surface area (Å²) in [5.74, 6) is -1.26. The van der Waals surface area contributed by atoms with Crippen molar-refractivity contribution in [3.05, 3.63) is 0 Å². The Kier molecular flexibility index (Phi) is 1.93. The maximum absolute atomic E-state index is 9.64. The number of hydrogen-bond donors (Lipinski definition) is 1. The average Bonchev–Trinajstić information content (AvgIpc) is 2.62. The second-order valence-corrected chi connectivity index (χ2v) is 5.34. The van der Waals surface area contributed by atoms with Crippen molar-refractivity contribution in [3.63, 3.8) is 0 Å². The first-order chi connectivity index (χ1) is 8.52. The molecule has 0 radical (unpaired) electrons. The quantitative estimate of drug-likeness (QED) is 0.719. The minimum atomic E-state index is -1.36. The zero-order valence-electron chi connectivity index (χ0n) is 10.3. The number of hydrogen-bond acceptors (Lipinski definition) is 6. The molecule has 94 valence electrons. The summed E-state index contributed by atoms with van der Waals surface area (Å²) in [4.78, 5) is 4.17. The Balaban J connectivity index is 2.21. The smallest absolute Gasteiger partial charge is 0.293 e. The summed E-state index contributed by atoms with van der Waals surface area (Å²) in [5, 5.41) is 19.2. The van der Waals surface area contributed by atoms with Gasteiger partial charge in [-0.05, 0) is 5.92 Å². The first-order valence-electron chi connectivity index (χ1n) is 5.98. The van der Waals surface area contributed by atoms with E-state index in [1.165, 1.54) is 0 Å². The highest BCUT2D eigenvalue weighted by atomic mass is 16.8. The molecular formula is C12H14N4O2. The largest absolute Gasteiger partial charge is 0.386 e. The normalized spacial score (nSPS) is 43.4. The summed E-state index contributed by atoms with van der Waals surface area (Å²) in [6, 6.07) is 4.43. The van der Waals surface area contributed by atoms with Crippen molar-refractivity contribution in [2.75, 3.05) is 13.2 Å². The molecule has 1 saturated heterocycles. The van der Waals surface area contributed by atoms with Crippen LogP contribution in [0.1, 0.15) is 13.8 Å². The number of rotatable bonds is 1. The molecule has 2 N–H and O–H groups in total. The van der Waals surface area contributed by atoms with E-state index in [4.69, 9.17) is 15.2 Å². The molecule has 3 atom stereocenters. The van der Waals surface area contributed by atoms with E-state index >= 15 is 0 Å². The first kappa shape index (κ1) is 11.5. The summed E-state index contributed by atoms with van der Waals surface area (Å²) >= 11 is 0. The minimum absolute atomic E-state index is 0.128. The van der Waals surface area contributed by atoms with Crippen LogP contribution >= 0.6 is 0 Å². The number of amidine groups is 1. The molecule has 0 aromatic rings. The zero-order valence-corrected chi connectivity index (χ0v) is 10.3. The fourth-order valence-corrected chi connectivity index (χ4v) is 3.78. The number of aliphatic imine (C=N–C) groups is 1. The van der Waals surface area contributed by atoms with E-state index in [2.05, 4.69) is 17.1 Å². The third-order valence-electron chi connectivity index (χ3n) is 4.34. The Hall–Kier alpha value is -1.63. The van der Waals surface area contributed by atoms with Crippen molar-refractivity contribution >= 4 is 5.84 Å². The number of fused-ring (bicyclic) bond motifs is 2. The molecule has 18 heavy (non-hydrogen) atoms. The molecule has 2 heterocycles. The molecule has 0 amide bonds. The van der Waals surface area contributed by atoms with Gasteiger partial charge in [-0.1, -0.05) is 13.8 Å². The predicted molar refractivity (Wildman–Crippen MR) is 60.7 cm³/mol. The molecule has 1 spiro atoms. The zero-order chi connectivity index (χ0) is 13.2. The summed E-state index contributed by atoms with van der Waals surface area (Å²) in [6.45, 7) is 4.67. The molecule has 0 bridgehead atoms. The van der Waals surface area contributed by atoms with Gasteiger partial charge in [-0.15, -0.1) is 0 Å². The van der Waals surface area contributed by atoms with Crippen LogP contribution in [0.15, 0.2) is 4.99 Å². The summed E-state index contributed by atoms with van der Waals surface area (Å²) in [6.07, 6.45) is 0. The van der Waals surface area contributed by atoms with E-state index in [9.17, 15) is 10.5 Å². The van der Waals surface area contributed by atoms with E-state index in [0.717, 1.165) is 0 Å². The van der Waals surface area contributed by atoms with Crippen molar-refractivity contribution in [1.82, 2.24) is 0 Å². The molecular weight excluding hydrogens is 232 g/mol. The van der Waals surface area contributed by atoms with Gasteiger partial charge in [0, 0.05) is 5.92 Å². The molecule has 1 aliphatic carbocycles. The van der Waals surface area contributed by atoms with Crippen LogP contribution in [0.2, 0.25) is 0 Å². The second-order valence-electron chi connectivity index (χ2n) is 5.34. The SMILES string of the molecule is CC(C)[C@H]1[C@]2(C#N)C(N)=NC3(OCCO3)[C@]12C#N. The van der Waals surface area contributed by atoms with Crippen LogP contribution < -0.4 is 5.73 Å². The van der Waals surface area contributed by atoms with E-state index in [1.807, 2.05) is 13.8 Å². The predicted octanol–water partition coefficient (Wildman–Crippen LogP) is 0.364. The Morgan fingerprint density at radius 1 is 1.33 bits per heavy atom. The first-order valence-corrected chi connectivity index (χ1v) is 5.98. The number of nitrogens with zero attached hydrogens (tertiary/aromatic N) is 3. The van der Waals surface area contributed by atoms with Crippen LogP contribution in [0.3, 0.4) is 0 Å². The maximum Gasteiger partial charge on any atom is 0.293 e. The highest BCUT2D eigenvalue weighted by molar-refractivity contribution is 5.98. The van der Waals surface area contributed by atoms with Gasteiger partial charge in [0.2, 0.25) is 0 Å². The third kappa shape index (κ3) is 0.808.